The Kier molecular flexibility index (Phi) is 4.85. The summed E-state index contributed by atoms with van der Waals surface area (Å²) >= 11 is 3.29. The number of benzene rings is 1. The van der Waals surface area contributed by atoms with Crippen LogP contribution in [0.15, 0.2) is 21.7 Å². The van der Waals surface area contributed by atoms with Crippen molar-refractivity contribution in [2.75, 3.05) is 6.61 Å². The van der Waals surface area contributed by atoms with Gasteiger partial charge >= 0.3 is 0 Å². The molecule has 6 heteroatoms. The molecule has 0 radical (unpaired) electrons. The highest BCUT2D eigenvalue weighted by atomic mass is 79.9. The minimum Gasteiger partial charge on any atom is -0.503 e. The summed E-state index contributed by atoms with van der Waals surface area (Å²) in [5.74, 6) is 1.09. The van der Waals surface area contributed by atoms with Gasteiger partial charge in [0.1, 0.15) is 0 Å². The van der Waals surface area contributed by atoms with Crippen LogP contribution in [0.5, 0.6) is 11.5 Å². The molecule has 24 heavy (non-hydrogen) atoms. The number of nitrogens with zero attached hydrogens (tertiary/aromatic N) is 1. The number of carbonyl (C=O) groups is 1. The number of phenolic OH excluding ortho intramolecular Hbond substituents is 1. The van der Waals surface area contributed by atoms with Gasteiger partial charge in [0.05, 0.1) is 17.3 Å². The van der Waals surface area contributed by atoms with Gasteiger partial charge in [-0.2, -0.15) is 5.10 Å². The number of hydrazone groups is 1. The Hall–Kier alpha value is -1.56. The maximum atomic E-state index is 12.4. The second-order valence-electron chi connectivity index (χ2n) is 6.85. The molecule has 130 valence electrons. The van der Waals surface area contributed by atoms with E-state index in [1.54, 1.807) is 18.3 Å². The van der Waals surface area contributed by atoms with E-state index >= 15 is 0 Å². The quantitative estimate of drug-likeness (QED) is 0.588. The lowest BCUT2D eigenvalue weighted by molar-refractivity contribution is -0.123. The fourth-order valence-corrected chi connectivity index (χ4v) is 4.48. The third-order valence-corrected chi connectivity index (χ3v) is 5.96. The standard InChI is InChI=1S/C18H23BrN2O3/c1-3-24-14-9-11(8-13(19)16(14)22)10-20-21-17(23)15-12-6-4-5-7-18(12,15)2/h8-10,12,15,22H,3-7H2,1-2H3,(H,21,23)/b20-10-/t12-,15-,18-/m0/s1. The number of hydrogen-bond donors (Lipinski definition) is 2. The lowest BCUT2D eigenvalue weighted by Gasteiger charge is -2.15. The van der Waals surface area contributed by atoms with E-state index in [4.69, 9.17) is 4.74 Å². The number of amides is 1. The molecule has 2 aliphatic carbocycles. The van der Waals surface area contributed by atoms with Crippen molar-refractivity contribution in [1.29, 1.82) is 0 Å². The molecule has 1 aromatic carbocycles. The third kappa shape index (κ3) is 3.16. The first-order chi connectivity index (χ1) is 11.5. The van der Waals surface area contributed by atoms with Crippen molar-refractivity contribution in [2.45, 2.75) is 39.5 Å². The molecule has 2 N–H and O–H groups in total. The first-order valence-corrected chi connectivity index (χ1v) is 9.25. The van der Waals surface area contributed by atoms with E-state index in [2.05, 4.69) is 33.4 Å². The number of carbonyl (C=O) groups excluding carboxylic acids is 1. The second-order valence-corrected chi connectivity index (χ2v) is 7.71. The number of aromatic hydroxyl groups is 1. The number of nitrogens with one attached hydrogen (secondary N) is 1. The molecule has 5 nitrogen and oxygen atoms in total. The molecule has 0 spiro atoms. The van der Waals surface area contributed by atoms with Gasteiger partial charge in [-0.3, -0.25) is 4.79 Å². The van der Waals surface area contributed by atoms with Gasteiger partial charge in [-0.05, 0) is 64.7 Å². The summed E-state index contributed by atoms with van der Waals surface area (Å²) in [6.45, 7) is 4.53. The predicted octanol–water partition coefficient (Wildman–Crippen LogP) is 3.83. The zero-order chi connectivity index (χ0) is 17.3. The smallest absolute Gasteiger partial charge is 0.244 e. The molecular weight excluding hydrogens is 372 g/mol. The van der Waals surface area contributed by atoms with Gasteiger partial charge in [0, 0.05) is 5.92 Å². The molecular formula is C18H23BrN2O3. The number of halogens is 1. The van der Waals surface area contributed by atoms with Crippen LogP contribution in [0.3, 0.4) is 0 Å². The maximum Gasteiger partial charge on any atom is 0.244 e. The van der Waals surface area contributed by atoms with Crippen LogP contribution in [0, 0.1) is 17.3 Å². The van der Waals surface area contributed by atoms with E-state index in [1.165, 1.54) is 12.8 Å². The van der Waals surface area contributed by atoms with Crippen molar-refractivity contribution in [3.05, 3.63) is 22.2 Å². The SMILES string of the molecule is CCOc1cc(/C=N\NC(=O)[C@@H]2[C@@H]3CCCC[C@]23C)cc(Br)c1O. The summed E-state index contributed by atoms with van der Waals surface area (Å²) < 4.78 is 5.91. The zero-order valence-corrected chi connectivity index (χ0v) is 15.6. The fraction of sp³-hybridized carbons (Fsp3) is 0.556. The first-order valence-electron chi connectivity index (χ1n) is 8.45. The largest absolute Gasteiger partial charge is 0.503 e. The van der Waals surface area contributed by atoms with E-state index in [1.807, 2.05) is 6.92 Å². The molecule has 2 saturated carbocycles. The third-order valence-electron chi connectivity index (χ3n) is 5.35. The summed E-state index contributed by atoms with van der Waals surface area (Å²) in [5.41, 5.74) is 3.59. The van der Waals surface area contributed by atoms with Crippen molar-refractivity contribution >= 4 is 28.1 Å². The molecule has 3 atom stereocenters. The fourth-order valence-electron chi connectivity index (χ4n) is 4.02. The van der Waals surface area contributed by atoms with E-state index in [0.29, 0.717) is 22.7 Å². The minimum atomic E-state index is 0.0172. The molecule has 2 aliphatic rings. The first kappa shape index (κ1) is 17.3. The monoisotopic (exact) mass is 394 g/mol. The molecule has 0 heterocycles. The van der Waals surface area contributed by atoms with Crippen LogP contribution < -0.4 is 10.2 Å². The topological polar surface area (TPSA) is 70.9 Å². The van der Waals surface area contributed by atoms with Gasteiger partial charge in [-0.15, -0.1) is 0 Å². The molecule has 2 fully saturated rings. The molecule has 1 amide bonds. The lowest BCUT2D eigenvalue weighted by Crippen LogP contribution is -2.22. The van der Waals surface area contributed by atoms with Crippen LogP contribution in [0.1, 0.15) is 45.1 Å². The van der Waals surface area contributed by atoms with Crippen LogP contribution in [0.4, 0.5) is 0 Å². The molecule has 3 rings (SSSR count). The van der Waals surface area contributed by atoms with Crippen LogP contribution in [0.25, 0.3) is 0 Å². The van der Waals surface area contributed by atoms with Crippen molar-refractivity contribution in [2.24, 2.45) is 22.4 Å². The van der Waals surface area contributed by atoms with Crippen LogP contribution in [-0.2, 0) is 4.79 Å². The molecule has 0 aromatic heterocycles. The Morgan fingerprint density at radius 3 is 3.00 bits per heavy atom. The van der Waals surface area contributed by atoms with Crippen LogP contribution in [0.2, 0.25) is 0 Å². The van der Waals surface area contributed by atoms with E-state index in [9.17, 15) is 9.90 Å². The maximum absolute atomic E-state index is 12.4. The lowest BCUT2D eigenvalue weighted by atomic mass is 9.90. The molecule has 0 aliphatic heterocycles. The highest BCUT2D eigenvalue weighted by molar-refractivity contribution is 9.10. The van der Waals surface area contributed by atoms with Crippen LogP contribution in [-0.4, -0.2) is 23.8 Å². The van der Waals surface area contributed by atoms with E-state index < -0.39 is 0 Å². The van der Waals surface area contributed by atoms with E-state index in [-0.39, 0.29) is 23.0 Å². The average molecular weight is 395 g/mol. The molecule has 0 unspecified atom stereocenters. The second kappa shape index (κ2) is 6.75. The number of hydrogen-bond acceptors (Lipinski definition) is 4. The average Bonchev–Trinajstić information content (AvgIpc) is 3.18. The number of ether oxygens (including phenoxy) is 1. The van der Waals surface area contributed by atoms with Gasteiger partial charge in [-0.25, -0.2) is 5.43 Å². The normalized spacial score (nSPS) is 28.5. The molecule has 0 bridgehead atoms. The number of rotatable bonds is 5. The summed E-state index contributed by atoms with van der Waals surface area (Å²) in [7, 11) is 0. The summed E-state index contributed by atoms with van der Waals surface area (Å²) in [6, 6.07) is 3.42. The van der Waals surface area contributed by atoms with Gasteiger partial charge in [0.2, 0.25) is 5.91 Å². The minimum absolute atomic E-state index is 0.0172. The molecule has 1 aromatic rings. The van der Waals surface area contributed by atoms with Gasteiger partial charge in [0.15, 0.2) is 11.5 Å². The highest BCUT2D eigenvalue weighted by Crippen LogP contribution is 2.66. The van der Waals surface area contributed by atoms with Crippen molar-refractivity contribution in [3.8, 4) is 11.5 Å². The Balaban J connectivity index is 1.63. The zero-order valence-electron chi connectivity index (χ0n) is 14.0. The van der Waals surface area contributed by atoms with Crippen molar-refractivity contribution < 1.29 is 14.6 Å². The summed E-state index contributed by atoms with van der Waals surface area (Å²) in [4.78, 5) is 12.4. The summed E-state index contributed by atoms with van der Waals surface area (Å²) in [5, 5.41) is 14.0. The Labute approximate surface area is 150 Å². The van der Waals surface area contributed by atoms with Crippen molar-refractivity contribution in [3.63, 3.8) is 0 Å². The van der Waals surface area contributed by atoms with E-state index in [0.717, 1.165) is 18.4 Å². The highest BCUT2D eigenvalue weighted by Gasteiger charge is 2.64. The predicted molar refractivity (Wildman–Crippen MR) is 96.3 cm³/mol. The number of fused-ring (bicyclic) bond motifs is 1. The number of phenols is 1. The van der Waals surface area contributed by atoms with Gasteiger partial charge < -0.3 is 9.84 Å². The van der Waals surface area contributed by atoms with Crippen molar-refractivity contribution in [1.82, 2.24) is 5.43 Å². The summed E-state index contributed by atoms with van der Waals surface area (Å²) in [6.07, 6.45) is 6.32. The Bertz CT molecular complexity index is 676. The Morgan fingerprint density at radius 1 is 1.54 bits per heavy atom. The molecule has 0 saturated heterocycles. The van der Waals surface area contributed by atoms with Gasteiger partial charge in [0.25, 0.3) is 0 Å². The van der Waals surface area contributed by atoms with Crippen LogP contribution >= 0.6 is 15.9 Å². The van der Waals surface area contributed by atoms with Gasteiger partial charge in [-0.1, -0.05) is 19.8 Å². The Morgan fingerprint density at radius 2 is 2.33 bits per heavy atom.